The smallest absolute Gasteiger partial charge is 0.264 e. The minimum atomic E-state index is -3.69. The Hall–Kier alpha value is -0.0700. The molecule has 0 bridgehead atoms. The fraction of sp³-hybridized carbons (Fsp3) is 0.950. The quantitative estimate of drug-likeness (QED) is 0.332. The van der Waals surface area contributed by atoms with Crippen LogP contribution in [0, 0.1) is 5.92 Å². The van der Waals surface area contributed by atoms with E-state index in [4.69, 9.17) is 17.2 Å². The van der Waals surface area contributed by atoms with Crippen LogP contribution in [0.15, 0.2) is 0 Å². The highest BCUT2D eigenvalue weighted by atomic mass is 32.2. The SMILES string of the molecule is CCCCC(S)(CCCC)C(=O)C1CCCCC1.CCCCS(=O)(=O)O. The Morgan fingerprint density at radius 3 is 1.77 bits per heavy atom. The molecule has 1 aliphatic carbocycles. The van der Waals surface area contributed by atoms with Gasteiger partial charge in [0.25, 0.3) is 10.1 Å². The maximum absolute atomic E-state index is 12.8. The lowest BCUT2D eigenvalue weighted by Crippen LogP contribution is -2.38. The van der Waals surface area contributed by atoms with Crippen molar-refractivity contribution in [1.82, 2.24) is 0 Å². The Morgan fingerprint density at radius 1 is 0.962 bits per heavy atom. The molecule has 1 aliphatic rings. The number of Topliss-reactive ketones (excluding diaryl/α,β-unsaturated/α-hetero) is 1. The van der Waals surface area contributed by atoms with E-state index in [9.17, 15) is 13.2 Å². The molecule has 1 fully saturated rings. The first-order chi connectivity index (χ1) is 12.2. The second kappa shape index (κ2) is 14.0. The minimum absolute atomic E-state index is 0.108. The van der Waals surface area contributed by atoms with Gasteiger partial charge in [-0.2, -0.15) is 21.0 Å². The summed E-state index contributed by atoms with van der Waals surface area (Å²) in [5.41, 5.74) is 0. The zero-order valence-electron chi connectivity index (χ0n) is 17.0. The molecule has 0 aromatic carbocycles. The second-order valence-electron chi connectivity index (χ2n) is 7.58. The standard InChI is InChI=1S/C16H30OS.C4H10O3S/c1-3-5-12-16(18,13-6-4-2)15(17)14-10-8-7-9-11-14;1-2-3-4-8(5,6)7/h14,18H,3-13H2,1-2H3;2-4H2,1H3,(H,5,6,7). The molecule has 0 spiro atoms. The molecule has 6 heteroatoms. The third kappa shape index (κ3) is 11.6. The van der Waals surface area contributed by atoms with E-state index in [0.29, 0.717) is 18.1 Å². The van der Waals surface area contributed by atoms with E-state index in [-0.39, 0.29) is 10.5 Å². The number of hydrogen-bond acceptors (Lipinski definition) is 4. The predicted octanol–water partition coefficient (Wildman–Crippen LogP) is 5.86. The Morgan fingerprint density at radius 2 is 1.42 bits per heavy atom. The van der Waals surface area contributed by atoms with Crippen LogP contribution in [-0.4, -0.2) is 29.3 Å². The van der Waals surface area contributed by atoms with Gasteiger partial charge in [0, 0.05) is 5.92 Å². The van der Waals surface area contributed by atoms with Crippen molar-refractivity contribution in [3.05, 3.63) is 0 Å². The van der Waals surface area contributed by atoms with Gasteiger partial charge in [0.15, 0.2) is 5.78 Å². The van der Waals surface area contributed by atoms with Crippen molar-refractivity contribution >= 4 is 28.5 Å². The fourth-order valence-corrected chi connectivity index (χ4v) is 4.53. The molecular formula is C20H40O4S2. The van der Waals surface area contributed by atoms with E-state index < -0.39 is 10.1 Å². The van der Waals surface area contributed by atoms with E-state index in [2.05, 4.69) is 13.8 Å². The van der Waals surface area contributed by atoms with Crippen LogP contribution in [-0.2, 0) is 14.9 Å². The molecule has 1 rings (SSSR count). The molecule has 0 unspecified atom stereocenters. The van der Waals surface area contributed by atoms with Crippen molar-refractivity contribution in [3.63, 3.8) is 0 Å². The number of carbonyl (C=O) groups excluding carboxylic acids is 1. The summed E-state index contributed by atoms with van der Waals surface area (Å²) in [6.07, 6.45) is 13.9. The number of thiol groups is 1. The number of hydrogen-bond donors (Lipinski definition) is 2. The molecule has 4 nitrogen and oxygen atoms in total. The Labute approximate surface area is 167 Å². The summed E-state index contributed by atoms with van der Waals surface area (Å²) >= 11 is 4.84. The van der Waals surface area contributed by atoms with Crippen LogP contribution in [0.25, 0.3) is 0 Å². The molecule has 156 valence electrons. The maximum atomic E-state index is 12.8. The van der Waals surface area contributed by atoms with Gasteiger partial charge in [-0.05, 0) is 32.1 Å². The van der Waals surface area contributed by atoms with Gasteiger partial charge < -0.3 is 0 Å². The van der Waals surface area contributed by atoms with E-state index in [1.807, 2.05) is 6.92 Å². The second-order valence-corrected chi connectivity index (χ2v) is 10.0. The fourth-order valence-electron chi connectivity index (χ4n) is 3.38. The van der Waals surface area contributed by atoms with Gasteiger partial charge in [0.1, 0.15) is 0 Å². The summed E-state index contributed by atoms with van der Waals surface area (Å²) in [6.45, 7) is 6.25. The Bertz CT molecular complexity index is 460. The number of rotatable bonds is 11. The summed E-state index contributed by atoms with van der Waals surface area (Å²) in [6, 6.07) is 0. The van der Waals surface area contributed by atoms with Gasteiger partial charge in [0.2, 0.25) is 0 Å². The molecule has 0 radical (unpaired) electrons. The Kier molecular flexibility index (Phi) is 14.0. The molecule has 0 amide bonds. The maximum Gasteiger partial charge on any atom is 0.264 e. The van der Waals surface area contributed by atoms with Crippen molar-refractivity contribution in [3.8, 4) is 0 Å². The van der Waals surface area contributed by atoms with Crippen molar-refractivity contribution in [2.45, 2.75) is 109 Å². The van der Waals surface area contributed by atoms with Gasteiger partial charge in [-0.15, -0.1) is 0 Å². The monoisotopic (exact) mass is 408 g/mol. The zero-order valence-corrected chi connectivity index (χ0v) is 18.7. The molecule has 1 saturated carbocycles. The highest BCUT2D eigenvalue weighted by Crippen LogP contribution is 2.36. The first kappa shape index (κ1) is 25.9. The van der Waals surface area contributed by atoms with Gasteiger partial charge in [-0.3, -0.25) is 9.35 Å². The summed E-state index contributed by atoms with van der Waals surface area (Å²) in [5, 5.41) is 0. The van der Waals surface area contributed by atoms with Crippen LogP contribution < -0.4 is 0 Å². The van der Waals surface area contributed by atoms with Gasteiger partial charge >= 0.3 is 0 Å². The van der Waals surface area contributed by atoms with Crippen LogP contribution >= 0.6 is 12.6 Å². The minimum Gasteiger partial charge on any atom is -0.298 e. The predicted molar refractivity (Wildman–Crippen MR) is 114 cm³/mol. The van der Waals surface area contributed by atoms with Crippen molar-refractivity contribution in [1.29, 1.82) is 0 Å². The average molecular weight is 409 g/mol. The first-order valence-electron chi connectivity index (χ1n) is 10.4. The van der Waals surface area contributed by atoms with Crippen molar-refractivity contribution < 1.29 is 17.8 Å². The summed E-state index contributed by atoms with van der Waals surface area (Å²) in [5.74, 6) is 0.668. The average Bonchev–Trinajstić information content (AvgIpc) is 2.63. The van der Waals surface area contributed by atoms with Crippen molar-refractivity contribution in [2.24, 2.45) is 5.92 Å². The van der Waals surface area contributed by atoms with Gasteiger partial charge in [0.05, 0.1) is 10.5 Å². The number of ketones is 1. The molecule has 0 aliphatic heterocycles. The summed E-state index contributed by atoms with van der Waals surface area (Å²) in [4.78, 5) is 12.8. The van der Waals surface area contributed by atoms with E-state index in [1.54, 1.807) is 0 Å². The van der Waals surface area contributed by atoms with E-state index in [1.165, 1.54) is 19.3 Å². The summed E-state index contributed by atoms with van der Waals surface area (Å²) < 4.78 is 27.7. The van der Waals surface area contributed by atoms with Crippen LogP contribution in [0.2, 0.25) is 0 Å². The molecular weight excluding hydrogens is 368 g/mol. The highest BCUT2D eigenvalue weighted by molar-refractivity contribution is 7.85. The molecule has 0 aromatic rings. The topological polar surface area (TPSA) is 71.4 Å². The molecule has 0 heterocycles. The molecule has 0 saturated heterocycles. The zero-order chi connectivity index (χ0) is 20.1. The third-order valence-electron chi connectivity index (χ3n) is 5.08. The van der Waals surface area contributed by atoms with Crippen LogP contribution in [0.4, 0.5) is 0 Å². The van der Waals surface area contributed by atoms with Crippen molar-refractivity contribution in [2.75, 3.05) is 5.75 Å². The van der Waals surface area contributed by atoms with Crippen LogP contribution in [0.3, 0.4) is 0 Å². The van der Waals surface area contributed by atoms with E-state index in [0.717, 1.165) is 57.8 Å². The normalized spacial score (nSPS) is 16.0. The largest absolute Gasteiger partial charge is 0.298 e. The van der Waals surface area contributed by atoms with Crippen LogP contribution in [0.5, 0.6) is 0 Å². The van der Waals surface area contributed by atoms with Gasteiger partial charge in [-0.1, -0.05) is 72.1 Å². The third-order valence-corrected chi connectivity index (χ3v) is 6.55. The lowest BCUT2D eigenvalue weighted by molar-refractivity contribution is -0.126. The lowest BCUT2D eigenvalue weighted by Gasteiger charge is -2.33. The number of carbonyl (C=O) groups is 1. The Balaban J connectivity index is 0.000000660. The molecule has 26 heavy (non-hydrogen) atoms. The lowest BCUT2D eigenvalue weighted by atomic mass is 9.78. The van der Waals surface area contributed by atoms with E-state index >= 15 is 0 Å². The summed E-state index contributed by atoms with van der Waals surface area (Å²) in [7, 11) is -3.69. The molecule has 0 aromatic heterocycles. The highest BCUT2D eigenvalue weighted by Gasteiger charge is 2.37. The van der Waals surface area contributed by atoms with Gasteiger partial charge in [-0.25, -0.2) is 0 Å². The molecule has 0 atom stereocenters. The first-order valence-corrected chi connectivity index (χ1v) is 12.5. The number of unbranched alkanes of at least 4 members (excludes halogenated alkanes) is 3. The van der Waals surface area contributed by atoms with Crippen LogP contribution in [0.1, 0.15) is 104 Å². The molecule has 1 N–H and O–H groups in total.